The minimum absolute atomic E-state index is 0.0193. The highest BCUT2D eigenvalue weighted by molar-refractivity contribution is 7.85. The molecule has 0 aromatic heterocycles. The highest BCUT2D eigenvalue weighted by Gasteiger charge is 2.35. The molecule has 1 saturated carbocycles. The van der Waals surface area contributed by atoms with Crippen molar-refractivity contribution < 1.29 is 8.60 Å². The summed E-state index contributed by atoms with van der Waals surface area (Å²) in [7, 11) is -1.16. The molecule has 4 atom stereocenters. The Morgan fingerprint density at radius 1 is 1.47 bits per heavy atom. The molecule has 4 unspecified atom stereocenters. The minimum Gasteiger partial charge on any atom is -0.327 e. The van der Waals surface area contributed by atoms with E-state index in [0.29, 0.717) is 4.90 Å². The number of hydrogen-bond acceptors (Lipinski definition) is 2. The zero-order chi connectivity index (χ0) is 12.6. The van der Waals surface area contributed by atoms with Crippen LogP contribution in [-0.2, 0) is 10.8 Å². The van der Waals surface area contributed by atoms with Crippen LogP contribution in [0.4, 0.5) is 4.39 Å². The SMILES string of the molecule is CC1C(N)CCC1S(=O)c1ccc(F)c(Cl)c1. The Morgan fingerprint density at radius 3 is 2.71 bits per heavy atom. The van der Waals surface area contributed by atoms with Crippen LogP contribution in [0.1, 0.15) is 19.8 Å². The first kappa shape index (κ1) is 13.0. The summed E-state index contributed by atoms with van der Waals surface area (Å²) in [6.45, 7) is 2.02. The lowest BCUT2D eigenvalue weighted by molar-refractivity contribution is 0.526. The van der Waals surface area contributed by atoms with Crippen molar-refractivity contribution >= 4 is 22.4 Å². The maximum absolute atomic E-state index is 13.0. The molecule has 2 rings (SSSR count). The molecule has 2 nitrogen and oxygen atoms in total. The second kappa shape index (κ2) is 5.04. The third-order valence-electron chi connectivity index (χ3n) is 3.44. The van der Waals surface area contributed by atoms with E-state index in [1.165, 1.54) is 18.2 Å². The van der Waals surface area contributed by atoms with Gasteiger partial charge < -0.3 is 5.73 Å². The summed E-state index contributed by atoms with van der Waals surface area (Å²) in [4.78, 5) is 0.586. The van der Waals surface area contributed by atoms with Crippen molar-refractivity contribution in [1.82, 2.24) is 0 Å². The molecular formula is C12H15ClFNOS. The summed E-state index contributed by atoms with van der Waals surface area (Å²) in [6.07, 6.45) is 1.75. The van der Waals surface area contributed by atoms with E-state index in [1.807, 2.05) is 6.92 Å². The molecule has 0 spiro atoms. The number of halogens is 2. The van der Waals surface area contributed by atoms with Crippen LogP contribution in [0.25, 0.3) is 0 Å². The van der Waals surface area contributed by atoms with Gasteiger partial charge in [0.05, 0.1) is 15.8 Å². The van der Waals surface area contributed by atoms with E-state index >= 15 is 0 Å². The molecule has 0 aliphatic heterocycles. The topological polar surface area (TPSA) is 43.1 Å². The molecule has 94 valence electrons. The maximum Gasteiger partial charge on any atom is 0.141 e. The number of benzene rings is 1. The van der Waals surface area contributed by atoms with Gasteiger partial charge in [-0.3, -0.25) is 4.21 Å². The van der Waals surface area contributed by atoms with Crippen LogP contribution in [0, 0.1) is 11.7 Å². The van der Waals surface area contributed by atoms with Gasteiger partial charge in [0.15, 0.2) is 0 Å². The Kier molecular flexibility index (Phi) is 3.85. The first-order valence-electron chi connectivity index (χ1n) is 5.62. The van der Waals surface area contributed by atoms with Gasteiger partial charge in [0.1, 0.15) is 5.82 Å². The Hall–Kier alpha value is -0.450. The van der Waals surface area contributed by atoms with E-state index in [-0.39, 0.29) is 22.2 Å². The second-order valence-electron chi connectivity index (χ2n) is 4.51. The van der Waals surface area contributed by atoms with Crippen LogP contribution in [0.2, 0.25) is 5.02 Å². The summed E-state index contributed by atoms with van der Waals surface area (Å²) in [5, 5.41) is 0.0670. The lowest BCUT2D eigenvalue weighted by atomic mass is 10.1. The number of hydrogen-bond donors (Lipinski definition) is 1. The summed E-state index contributed by atoms with van der Waals surface area (Å²) in [5.74, 6) is -0.261. The molecule has 0 saturated heterocycles. The highest BCUT2D eigenvalue weighted by Crippen LogP contribution is 2.32. The maximum atomic E-state index is 13.0. The molecule has 1 aliphatic rings. The molecule has 1 fully saturated rings. The summed E-state index contributed by atoms with van der Waals surface area (Å²) >= 11 is 5.70. The van der Waals surface area contributed by atoms with Gasteiger partial charge >= 0.3 is 0 Å². The smallest absolute Gasteiger partial charge is 0.141 e. The van der Waals surface area contributed by atoms with Crippen LogP contribution in [0.3, 0.4) is 0 Å². The molecule has 2 N–H and O–H groups in total. The highest BCUT2D eigenvalue weighted by atomic mass is 35.5. The van der Waals surface area contributed by atoms with Gasteiger partial charge in [-0.15, -0.1) is 0 Å². The fourth-order valence-corrected chi connectivity index (χ4v) is 4.21. The van der Waals surface area contributed by atoms with Crippen LogP contribution in [0.5, 0.6) is 0 Å². The molecule has 17 heavy (non-hydrogen) atoms. The Balaban J connectivity index is 2.22. The fourth-order valence-electron chi connectivity index (χ4n) is 2.24. The van der Waals surface area contributed by atoms with Gasteiger partial charge in [0, 0.05) is 16.2 Å². The Labute approximate surface area is 108 Å². The average molecular weight is 276 g/mol. The molecule has 0 amide bonds. The average Bonchev–Trinajstić information content (AvgIpc) is 2.63. The molecule has 0 bridgehead atoms. The van der Waals surface area contributed by atoms with Gasteiger partial charge in [-0.1, -0.05) is 18.5 Å². The van der Waals surface area contributed by atoms with Crippen molar-refractivity contribution in [2.45, 2.75) is 36.0 Å². The standard InChI is InChI=1S/C12H15ClFNOS/c1-7-11(15)4-5-12(7)17(16)8-2-3-10(14)9(13)6-8/h2-3,6-7,11-12H,4-5,15H2,1H3. The van der Waals surface area contributed by atoms with Gasteiger partial charge in [-0.2, -0.15) is 0 Å². The zero-order valence-corrected chi connectivity index (χ0v) is 11.1. The summed E-state index contributed by atoms with van der Waals surface area (Å²) in [6, 6.07) is 4.35. The molecular weight excluding hydrogens is 261 g/mol. The van der Waals surface area contributed by atoms with E-state index in [2.05, 4.69) is 0 Å². The predicted molar refractivity (Wildman–Crippen MR) is 68.0 cm³/mol. The van der Waals surface area contributed by atoms with E-state index in [0.717, 1.165) is 12.8 Å². The normalized spacial score (nSPS) is 30.5. The number of nitrogens with two attached hydrogens (primary N) is 1. The molecule has 1 aliphatic carbocycles. The van der Waals surface area contributed by atoms with Crippen molar-refractivity contribution in [3.05, 3.63) is 29.0 Å². The quantitative estimate of drug-likeness (QED) is 0.902. The van der Waals surface area contributed by atoms with Crippen LogP contribution in [0.15, 0.2) is 23.1 Å². The van der Waals surface area contributed by atoms with Crippen molar-refractivity contribution in [2.75, 3.05) is 0 Å². The zero-order valence-electron chi connectivity index (χ0n) is 9.53. The van der Waals surface area contributed by atoms with Gasteiger partial charge in [-0.05, 0) is 37.0 Å². The van der Waals surface area contributed by atoms with Crippen LogP contribution in [-0.4, -0.2) is 15.5 Å². The largest absolute Gasteiger partial charge is 0.327 e. The van der Waals surface area contributed by atoms with Gasteiger partial charge in [-0.25, -0.2) is 4.39 Å². The van der Waals surface area contributed by atoms with Crippen LogP contribution < -0.4 is 5.73 Å². The third-order valence-corrected chi connectivity index (χ3v) is 5.67. The Morgan fingerprint density at radius 2 is 2.18 bits per heavy atom. The fraction of sp³-hybridized carbons (Fsp3) is 0.500. The predicted octanol–water partition coefficient (Wildman–Crippen LogP) is 2.71. The summed E-state index contributed by atoms with van der Waals surface area (Å²) < 4.78 is 25.4. The van der Waals surface area contributed by atoms with E-state index in [9.17, 15) is 8.60 Å². The van der Waals surface area contributed by atoms with Gasteiger partial charge in [0.2, 0.25) is 0 Å². The first-order valence-corrected chi connectivity index (χ1v) is 7.21. The third kappa shape index (κ3) is 2.54. The number of rotatable bonds is 2. The minimum atomic E-state index is -1.16. The molecule has 1 aromatic rings. The van der Waals surface area contributed by atoms with Crippen molar-refractivity contribution in [3.8, 4) is 0 Å². The van der Waals surface area contributed by atoms with Crippen molar-refractivity contribution in [1.29, 1.82) is 0 Å². The molecule has 5 heteroatoms. The van der Waals surface area contributed by atoms with E-state index < -0.39 is 16.6 Å². The second-order valence-corrected chi connectivity index (χ2v) is 6.59. The summed E-state index contributed by atoms with van der Waals surface area (Å²) in [5.41, 5.74) is 5.92. The van der Waals surface area contributed by atoms with E-state index in [4.69, 9.17) is 17.3 Å². The van der Waals surface area contributed by atoms with Crippen molar-refractivity contribution in [3.63, 3.8) is 0 Å². The van der Waals surface area contributed by atoms with Crippen molar-refractivity contribution in [2.24, 2.45) is 11.7 Å². The Bertz CT molecular complexity index is 454. The first-order chi connectivity index (χ1) is 8.00. The molecule has 1 aromatic carbocycles. The molecule has 0 radical (unpaired) electrons. The molecule has 0 heterocycles. The lowest BCUT2D eigenvalue weighted by Gasteiger charge is -2.17. The monoisotopic (exact) mass is 275 g/mol. The van der Waals surface area contributed by atoms with Gasteiger partial charge in [0.25, 0.3) is 0 Å². The lowest BCUT2D eigenvalue weighted by Crippen LogP contribution is -2.29. The van der Waals surface area contributed by atoms with E-state index in [1.54, 1.807) is 0 Å². The van der Waals surface area contributed by atoms with Crippen LogP contribution >= 0.6 is 11.6 Å².